The third-order valence-corrected chi connectivity index (χ3v) is 4.13. The Kier molecular flexibility index (Phi) is 6.75. The van der Waals surface area contributed by atoms with E-state index >= 15 is 0 Å². The lowest BCUT2D eigenvalue weighted by Crippen LogP contribution is -2.40. The van der Waals surface area contributed by atoms with Crippen LogP contribution in [-0.4, -0.2) is 29.8 Å². The van der Waals surface area contributed by atoms with E-state index in [1.165, 1.54) is 6.08 Å². The first-order valence-corrected chi connectivity index (χ1v) is 8.30. The minimum atomic E-state index is -0.226. The normalized spacial score (nSPS) is 19.0. The summed E-state index contributed by atoms with van der Waals surface area (Å²) in [6.07, 6.45) is 8.71. The molecule has 0 bridgehead atoms. The lowest BCUT2D eigenvalue weighted by molar-refractivity contribution is -0.123. The monoisotopic (exact) mass is 327 g/mol. The number of anilines is 1. The molecule has 1 aliphatic rings. The van der Waals surface area contributed by atoms with Crippen molar-refractivity contribution < 1.29 is 9.59 Å². The molecule has 1 aromatic rings. The van der Waals surface area contributed by atoms with E-state index in [1.807, 2.05) is 43.3 Å². The summed E-state index contributed by atoms with van der Waals surface area (Å²) in [6.45, 7) is 4.21. The van der Waals surface area contributed by atoms with Gasteiger partial charge in [0.15, 0.2) is 0 Å². The number of nitrogens with zero attached hydrogens (tertiary/aromatic N) is 1. The number of carbonyl (C=O) groups is 2. The molecule has 0 saturated carbocycles. The van der Waals surface area contributed by atoms with Crippen molar-refractivity contribution >= 4 is 17.5 Å². The van der Waals surface area contributed by atoms with Gasteiger partial charge in [-0.3, -0.25) is 14.5 Å². The molecule has 5 heteroatoms. The van der Waals surface area contributed by atoms with Crippen LogP contribution in [0.2, 0.25) is 0 Å². The number of benzene rings is 1. The van der Waals surface area contributed by atoms with Crippen LogP contribution in [0.4, 0.5) is 5.69 Å². The topological polar surface area (TPSA) is 75.4 Å². The predicted octanol–water partition coefficient (Wildman–Crippen LogP) is 2.45. The van der Waals surface area contributed by atoms with E-state index in [2.05, 4.69) is 10.2 Å². The molecule has 1 heterocycles. The van der Waals surface area contributed by atoms with Crippen molar-refractivity contribution in [1.29, 1.82) is 0 Å². The van der Waals surface area contributed by atoms with Crippen LogP contribution >= 0.6 is 0 Å². The Hall–Kier alpha value is -2.40. The minimum absolute atomic E-state index is 0.0794. The van der Waals surface area contributed by atoms with Gasteiger partial charge in [-0.15, -0.1) is 0 Å². The summed E-state index contributed by atoms with van der Waals surface area (Å²) in [5.74, 6) is -0.464. The predicted molar refractivity (Wildman–Crippen MR) is 96.2 cm³/mol. The zero-order valence-corrected chi connectivity index (χ0v) is 14.1. The summed E-state index contributed by atoms with van der Waals surface area (Å²) in [4.78, 5) is 25.6. The molecule has 0 radical (unpaired) electrons. The number of primary amides is 1. The van der Waals surface area contributed by atoms with Crippen LogP contribution in [0.15, 0.2) is 48.6 Å². The summed E-state index contributed by atoms with van der Waals surface area (Å²) >= 11 is 0. The van der Waals surface area contributed by atoms with Crippen molar-refractivity contribution in [2.24, 2.45) is 11.7 Å². The Bertz CT molecular complexity index is 637. The van der Waals surface area contributed by atoms with Crippen molar-refractivity contribution in [2.45, 2.75) is 26.3 Å². The summed E-state index contributed by atoms with van der Waals surface area (Å²) in [6, 6.07) is 7.75. The van der Waals surface area contributed by atoms with Gasteiger partial charge < -0.3 is 11.1 Å². The Morgan fingerprint density at radius 1 is 1.33 bits per heavy atom. The second-order valence-corrected chi connectivity index (χ2v) is 6.01. The van der Waals surface area contributed by atoms with Gasteiger partial charge in [0.1, 0.15) is 0 Å². The fourth-order valence-corrected chi connectivity index (χ4v) is 2.88. The molecular formula is C19H25N3O2. The number of nitrogens with one attached hydrogen (secondary N) is 1. The molecule has 1 atom stereocenters. The highest BCUT2D eigenvalue weighted by Gasteiger charge is 2.24. The first kappa shape index (κ1) is 17.9. The van der Waals surface area contributed by atoms with Gasteiger partial charge in [0.05, 0.1) is 5.92 Å². The zero-order valence-electron chi connectivity index (χ0n) is 14.1. The third kappa shape index (κ3) is 5.35. The van der Waals surface area contributed by atoms with Gasteiger partial charge in [0, 0.05) is 24.9 Å². The fraction of sp³-hybridized carbons (Fsp3) is 0.368. The Labute approximate surface area is 143 Å². The van der Waals surface area contributed by atoms with E-state index in [1.54, 1.807) is 6.08 Å². The molecule has 1 unspecified atom stereocenters. The number of allylic oxidation sites excluding steroid dienone is 3. The van der Waals surface area contributed by atoms with E-state index < -0.39 is 0 Å². The molecule has 0 spiro atoms. The number of piperidine rings is 1. The number of rotatable bonds is 6. The molecule has 1 fully saturated rings. The first-order chi connectivity index (χ1) is 11.6. The van der Waals surface area contributed by atoms with Crippen LogP contribution in [0.3, 0.4) is 0 Å². The highest BCUT2D eigenvalue weighted by molar-refractivity contribution is 5.99. The standard InChI is InChI=1S/C19H25N3O2/c1-2-3-4-11-18(23)21-17-10-6-5-8-15(17)13-22-12-7-9-16(14-22)19(20)24/h2-6,8,10-11,16H,7,9,12-14H2,1H3,(H2,20,24)(H,21,23)/b3-2+,11-4+. The number of para-hydroxylation sites is 1. The third-order valence-electron chi connectivity index (χ3n) is 4.13. The number of nitrogens with two attached hydrogens (primary N) is 1. The molecule has 0 aliphatic carbocycles. The number of amides is 2. The average molecular weight is 327 g/mol. The van der Waals surface area contributed by atoms with Crippen LogP contribution in [0.25, 0.3) is 0 Å². The Morgan fingerprint density at radius 2 is 2.12 bits per heavy atom. The maximum atomic E-state index is 12.0. The maximum Gasteiger partial charge on any atom is 0.248 e. The van der Waals surface area contributed by atoms with Gasteiger partial charge in [0.25, 0.3) is 0 Å². The van der Waals surface area contributed by atoms with Crippen LogP contribution in [-0.2, 0) is 16.1 Å². The molecular weight excluding hydrogens is 302 g/mol. The van der Waals surface area contributed by atoms with Crippen molar-refractivity contribution in [3.05, 3.63) is 54.1 Å². The van der Waals surface area contributed by atoms with Gasteiger partial charge in [-0.25, -0.2) is 0 Å². The van der Waals surface area contributed by atoms with Crippen molar-refractivity contribution in [1.82, 2.24) is 4.90 Å². The van der Waals surface area contributed by atoms with Gasteiger partial charge >= 0.3 is 0 Å². The fourth-order valence-electron chi connectivity index (χ4n) is 2.88. The smallest absolute Gasteiger partial charge is 0.248 e. The Balaban J connectivity index is 2.03. The second-order valence-electron chi connectivity index (χ2n) is 6.01. The summed E-state index contributed by atoms with van der Waals surface area (Å²) in [7, 11) is 0. The van der Waals surface area contributed by atoms with Crippen LogP contribution < -0.4 is 11.1 Å². The van der Waals surface area contributed by atoms with Crippen LogP contribution in [0, 0.1) is 5.92 Å². The zero-order chi connectivity index (χ0) is 17.4. The lowest BCUT2D eigenvalue weighted by atomic mass is 9.97. The molecule has 128 valence electrons. The molecule has 2 amide bonds. The number of hydrogen-bond donors (Lipinski definition) is 2. The molecule has 3 N–H and O–H groups in total. The maximum absolute atomic E-state index is 12.0. The van der Waals surface area contributed by atoms with Crippen molar-refractivity contribution in [2.75, 3.05) is 18.4 Å². The lowest BCUT2D eigenvalue weighted by Gasteiger charge is -2.31. The van der Waals surface area contributed by atoms with E-state index in [0.29, 0.717) is 13.1 Å². The largest absolute Gasteiger partial charge is 0.369 e. The van der Waals surface area contributed by atoms with Crippen LogP contribution in [0.5, 0.6) is 0 Å². The summed E-state index contributed by atoms with van der Waals surface area (Å²) in [5.41, 5.74) is 7.28. The minimum Gasteiger partial charge on any atom is -0.369 e. The van der Waals surface area contributed by atoms with Gasteiger partial charge in [-0.1, -0.05) is 36.4 Å². The molecule has 5 nitrogen and oxygen atoms in total. The Morgan fingerprint density at radius 3 is 2.88 bits per heavy atom. The second kappa shape index (κ2) is 9.03. The van der Waals surface area contributed by atoms with Gasteiger partial charge in [-0.2, -0.15) is 0 Å². The van der Waals surface area contributed by atoms with Gasteiger partial charge in [0.2, 0.25) is 11.8 Å². The molecule has 2 rings (SSSR count). The molecule has 24 heavy (non-hydrogen) atoms. The molecule has 0 aromatic heterocycles. The average Bonchev–Trinajstić information content (AvgIpc) is 2.57. The van der Waals surface area contributed by atoms with E-state index in [-0.39, 0.29) is 17.7 Å². The summed E-state index contributed by atoms with van der Waals surface area (Å²) in [5, 5.41) is 2.92. The number of likely N-dealkylation sites (tertiary alicyclic amines) is 1. The quantitative estimate of drug-likeness (QED) is 0.622. The first-order valence-electron chi connectivity index (χ1n) is 8.30. The SMILES string of the molecule is C/C=C/C=C/C(=O)Nc1ccccc1CN1CCCC(C(N)=O)C1. The summed E-state index contributed by atoms with van der Waals surface area (Å²) < 4.78 is 0. The molecule has 1 saturated heterocycles. The van der Waals surface area contributed by atoms with E-state index in [4.69, 9.17) is 5.73 Å². The van der Waals surface area contributed by atoms with Crippen molar-refractivity contribution in [3.63, 3.8) is 0 Å². The number of hydrogen-bond acceptors (Lipinski definition) is 3. The van der Waals surface area contributed by atoms with Crippen LogP contribution in [0.1, 0.15) is 25.3 Å². The van der Waals surface area contributed by atoms with E-state index in [0.717, 1.165) is 30.6 Å². The molecule has 1 aliphatic heterocycles. The molecule has 1 aromatic carbocycles. The van der Waals surface area contributed by atoms with Gasteiger partial charge in [-0.05, 0) is 37.9 Å². The number of carbonyl (C=O) groups excluding carboxylic acids is 2. The highest BCUT2D eigenvalue weighted by Crippen LogP contribution is 2.22. The van der Waals surface area contributed by atoms with Crippen molar-refractivity contribution in [3.8, 4) is 0 Å². The highest BCUT2D eigenvalue weighted by atomic mass is 16.1. The van der Waals surface area contributed by atoms with E-state index in [9.17, 15) is 9.59 Å².